The number of aliphatic carboxylic acids is 1. The maximum atomic E-state index is 12.0. The van der Waals surface area contributed by atoms with Crippen LogP contribution in [-0.4, -0.2) is 23.0 Å². The zero-order valence-electron chi connectivity index (χ0n) is 12.0. The molecule has 0 heterocycles. The van der Waals surface area contributed by atoms with Gasteiger partial charge in [-0.05, 0) is 53.9 Å². The van der Waals surface area contributed by atoms with Gasteiger partial charge in [0.25, 0.3) is 5.91 Å². The zero-order valence-corrected chi connectivity index (χ0v) is 14.4. The Morgan fingerprint density at radius 1 is 1.33 bits per heavy atom. The van der Waals surface area contributed by atoms with E-state index in [-0.39, 0.29) is 17.9 Å². The summed E-state index contributed by atoms with van der Waals surface area (Å²) in [6.07, 6.45) is 2.11. The summed E-state index contributed by atoms with van der Waals surface area (Å²) < 4.78 is 0.747. The number of nitrogens with one attached hydrogen (secondary N) is 1. The molecule has 0 aromatic heterocycles. The lowest BCUT2D eigenvalue weighted by Crippen LogP contribution is -2.32. The summed E-state index contributed by atoms with van der Waals surface area (Å²) in [5.41, 5.74) is 0.508. The summed E-state index contributed by atoms with van der Waals surface area (Å²) >= 11 is 9.24. The van der Waals surface area contributed by atoms with Crippen molar-refractivity contribution in [2.75, 3.05) is 0 Å². The van der Waals surface area contributed by atoms with Crippen molar-refractivity contribution in [2.24, 2.45) is 5.92 Å². The molecular formula is C15H19BrClNO3. The monoisotopic (exact) mass is 375 g/mol. The smallest absolute Gasteiger partial charge is 0.306 e. The lowest BCUT2D eigenvalue weighted by atomic mass is 10.0. The van der Waals surface area contributed by atoms with E-state index in [1.54, 1.807) is 25.1 Å². The van der Waals surface area contributed by atoms with E-state index in [0.717, 1.165) is 17.3 Å². The van der Waals surface area contributed by atoms with Gasteiger partial charge in [0.2, 0.25) is 0 Å². The van der Waals surface area contributed by atoms with Crippen molar-refractivity contribution < 1.29 is 14.7 Å². The number of carbonyl (C=O) groups excluding carboxylic acids is 1. The quantitative estimate of drug-likeness (QED) is 0.752. The highest BCUT2D eigenvalue weighted by atomic mass is 79.9. The first-order valence-corrected chi connectivity index (χ1v) is 7.97. The van der Waals surface area contributed by atoms with E-state index in [1.807, 2.05) is 6.92 Å². The van der Waals surface area contributed by atoms with Crippen LogP contribution < -0.4 is 5.32 Å². The van der Waals surface area contributed by atoms with Crippen molar-refractivity contribution in [1.29, 1.82) is 0 Å². The highest BCUT2D eigenvalue weighted by Gasteiger charge is 2.13. The van der Waals surface area contributed by atoms with Crippen molar-refractivity contribution in [2.45, 2.75) is 39.2 Å². The Morgan fingerprint density at radius 2 is 2.00 bits per heavy atom. The highest BCUT2D eigenvalue weighted by Crippen LogP contribution is 2.23. The molecule has 0 saturated heterocycles. The van der Waals surface area contributed by atoms with Gasteiger partial charge in [-0.25, -0.2) is 0 Å². The minimum Gasteiger partial charge on any atom is -0.481 e. The molecule has 0 aliphatic heterocycles. The minimum atomic E-state index is -0.781. The van der Waals surface area contributed by atoms with Crippen LogP contribution in [0.3, 0.4) is 0 Å². The zero-order chi connectivity index (χ0) is 16.0. The predicted molar refractivity (Wildman–Crippen MR) is 86.7 cm³/mol. The molecule has 1 rings (SSSR count). The fourth-order valence-electron chi connectivity index (χ4n) is 1.87. The molecule has 0 aliphatic rings. The van der Waals surface area contributed by atoms with Crippen molar-refractivity contribution >= 4 is 39.4 Å². The molecule has 0 bridgehead atoms. The molecule has 116 valence electrons. The Morgan fingerprint density at radius 3 is 2.57 bits per heavy atom. The molecule has 2 unspecified atom stereocenters. The number of carbonyl (C=O) groups is 2. The highest BCUT2D eigenvalue weighted by molar-refractivity contribution is 9.10. The van der Waals surface area contributed by atoms with E-state index in [1.165, 1.54) is 0 Å². The van der Waals surface area contributed by atoms with Gasteiger partial charge in [0.15, 0.2) is 0 Å². The van der Waals surface area contributed by atoms with Crippen molar-refractivity contribution in [3.8, 4) is 0 Å². The lowest BCUT2D eigenvalue weighted by molar-refractivity contribution is -0.141. The number of rotatable bonds is 7. The molecule has 0 radical (unpaired) electrons. The van der Waals surface area contributed by atoms with Crippen molar-refractivity contribution in [1.82, 2.24) is 5.32 Å². The first-order valence-electron chi connectivity index (χ1n) is 6.80. The molecule has 21 heavy (non-hydrogen) atoms. The minimum absolute atomic E-state index is 0.0130. The van der Waals surface area contributed by atoms with Gasteiger partial charge in [-0.1, -0.05) is 24.9 Å². The second-order valence-corrected chi connectivity index (χ2v) is 6.44. The number of carboxylic acids is 1. The van der Waals surface area contributed by atoms with Gasteiger partial charge in [0.1, 0.15) is 0 Å². The van der Waals surface area contributed by atoms with Crippen molar-refractivity contribution in [3.63, 3.8) is 0 Å². The second-order valence-electron chi connectivity index (χ2n) is 5.17. The van der Waals surface area contributed by atoms with Gasteiger partial charge in [-0.2, -0.15) is 0 Å². The molecule has 2 N–H and O–H groups in total. The maximum Gasteiger partial charge on any atom is 0.306 e. The summed E-state index contributed by atoms with van der Waals surface area (Å²) in [7, 11) is 0. The van der Waals surface area contributed by atoms with Gasteiger partial charge < -0.3 is 10.4 Å². The fraction of sp³-hybridized carbons (Fsp3) is 0.467. The third kappa shape index (κ3) is 6.06. The Labute approximate surface area is 138 Å². The predicted octanol–water partition coefficient (Wildman–Crippen LogP) is 4.11. The number of amides is 1. The first kappa shape index (κ1) is 18.0. The molecule has 0 fully saturated rings. The average Bonchev–Trinajstić information content (AvgIpc) is 2.41. The van der Waals surface area contributed by atoms with Crippen LogP contribution in [0.25, 0.3) is 0 Å². The van der Waals surface area contributed by atoms with E-state index >= 15 is 0 Å². The van der Waals surface area contributed by atoms with Gasteiger partial charge in [0, 0.05) is 16.1 Å². The number of halogens is 2. The van der Waals surface area contributed by atoms with Crippen LogP contribution in [0.15, 0.2) is 22.7 Å². The van der Waals surface area contributed by atoms with Gasteiger partial charge in [0.05, 0.1) is 10.9 Å². The molecular weight excluding hydrogens is 358 g/mol. The number of hydrogen-bond acceptors (Lipinski definition) is 2. The standard InChI is InChI=1S/C15H19BrClNO3/c1-9(15(20)21)4-3-5-10(2)18-14(19)11-6-7-12(16)13(17)8-11/h6-10H,3-5H2,1-2H3,(H,18,19)(H,20,21). The topological polar surface area (TPSA) is 66.4 Å². The van der Waals surface area contributed by atoms with Crippen LogP contribution in [0, 0.1) is 5.92 Å². The SMILES string of the molecule is CC(CCCC(C)C(=O)O)NC(=O)c1ccc(Br)c(Cl)c1. The van der Waals surface area contributed by atoms with Gasteiger partial charge in [-0.3, -0.25) is 9.59 Å². The van der Waals surface area contributed by atoms with Gasteiger partial charge >= 0.3 is 5.97 Å². The first-order chi connectivity index (χ1) is 9.81. The number of carboxylic acid groups (broad SMARTS) is 1. The maximum absolute atomic E-state index is 12.0. The van der Waals surface area contributed by atoms with Crippen LogP contribution in [-0.2, 0) is 4.79 Å². The molecule has 6 heteroatoms. The summed E-state index contributed by atoms with van der Waals surface area (Å²) in [5.74, 6) is -1.31. The summed E-state index contributed by atoms with van der Waals surface area (Å²) in [6, 6.07) is 5.03. The molecule has 0 saturated carbocycles. The van der Waals surface area contributed by atoms with E-state index < -0.39 is 5.97 Å². The lowest BCUT2D eigenvalue weighted by Gasteiger charge is -2.15. The molecule has 4 nitrogen and oxygen atoms in total. The van der Waals surface area contributed by atoms with Crippen LogP contribution in [0.4, 0.5) is 0 Å². The Kier molecular flexibility index (Phi) is 7.18. The summed E-state index contributed by atoms with van der Waals surface area (Å²) in [5, 5.41) is 12.2. The normalized spacial score (nSPS) is 13.5. The molecule has 0 spiro atoms. The number of benzene rings is 1. The molecule has 1 aromatic rings. The molecule has 2 atom stereocenters. The van der Waals surface area contributed by atoms with Crippen molar-refractivity contribution in [3.05, 3.63) is 33.3 Å². The summed E-state index contributed by atoms with van der Waals surface area (Å²) in [6.45, 7) is 3.60. The van der Waals surface area contributed by atoms with E-state index in [2.05, 4.69) is 21.2 Å². The van der Waals surface area contributed by atoms with Crippen LogP contribution in [0.1, 0.15) is 43.5 Å². The van der Waals surface area contributed by atoms with Gasteiger partial charge in [-0.15, -0.1) is 0 Å². The molecule has 0 aliphatic carbocycles. The molecule has 1 amide bonds. The van der Waals surface area contributed by atoms with Crippen LogP contribution in [0.5, 0.6) is 0 Å². The van der Waals surface area contributed by atoms with E-state index in [0.29, 0.717) is 17.0 Å². The van der Waals surface area contributed by atoms with Crippen LogP contribution >= 0.6 is 27.5 Å². The molecule has 1 aromatic carbocycles. The third-order valence-electron chi connectivity index (χ3n) is 3.26. The second kappa shape index (κ2) is 8.39. The largest absolute Gasteiger partial charge is 0.481 e. The number of hydrogen-bond donors (Lipinski definition) is 2. The Balaban J connectivity index is 2.43. The average molecular weight is 377 g/mol. The van der Waals surface area contributed by atoms with E-state index in [4.69, 9.17) is 16.7 Å². The van der Waals surface area contributed by atoms with E-state index in [9.17, 15) is 9.59 Å². The Bertz CT molecular complexity index is 522. The van der Waals surface area contributed by atoms with Crippen LogP contribution in [0.2, 0.25) is 5.02 Å². The summed E-state index contributed by atoms with van der Waals surface area (Å²) in [4.78, 5) is 22.8. The third-order valence-corrected chi connectivity index (χ3v) is 4.49. The fourth-order valence-corrected chi connectivity index (χ4v) is 2.30. The Hall–Kier alpha value is -1.07.